The molecule has 0 aromatic heterocycles. The summed E-state index contributed by atoms with van der Waals surface area (Å²) in [6.07, 6.45) is 0. The number of likely N-dealkylation sites (N-methyl/N-ethyl adjacent to an activating group) is 1. The Labute approximate surface area is 49.0 Å². The van der Waals surface area contributed by atoms with Crippen LogP contribution in [0.3, 0.4) is 0 Å². The van der Waals surface area contributed by atoms with Gasteiger partial charge in [0, 0.05) is 6.04 Å². The van der Waals surface area contributed by atoms with Crippen LogP contribution >= 0.6 is 11.6 Å². The molecule has 0 fully saturated rings. The molecule has 0 spiro atoms. The maximum absolute atomic E-state index is 5.56. The van der Waals surface area contributed by atoms with Gasteiger partial charge in [-0.2, -0.15) is 0 Å². The third-order valence-corrected chi connectivity index (χ3v) is 1.35. The second-order valence-electron chi connectivity index (χ2n) is 1.55. The molecular formula is C4H11ClN2. The Morgan fingerprint density at radius 2 is 2.14 bits per heavy atom. The summed E-state index contributed by atoms with van der Waals surface area (Å²) in [5.41, 5.74) is 5.25. The molecule has 2 nitrogen and oxygen atoms in total. The van der Waals surface area contributed by atoms with E-state index >= 15 is 0 Å². The fraction of sp³-hybridized carbons (Fsp3) is 1.00. The van der Waals surface area contributed by atoms with E-state index in [0.717, 1.165) is 0 Å². The highest BCUT2D eigenvalue weighted by atomic mass is 35.5. The molecule has 0 rings (SSSR count). The lowest BCUT2D eigenvalue weighted by molar-refractivity contribution is 0.612. The van der Waals surface area contributed by atoms with Crippen molar-refractivity contribution in [2.75, 3.05) is 7.05 Å². The van der Waals surface area contributed by atoms with Gasteiger partial charge in [0.1, 0.15) is 0 Å². The predicted octanol–water partition coefficient (Wildman–Crippen LogP) is 0.118. The second-order valence-corrected chi connectivity index (χ2v) is 2.02. The molecule has 0 heterocycles. The molecule has 7 heavy (non-hydrogen) atoms. The average Bonchev–Trinajstić information content (AvgIpc) is 1.65. The summed E-state index contributed by atoms with van der Waals surface area (Å²) in [5, 5.41) is 2.80. The standard InChI is InChI=1S/C4H11ClN2/c1-3(6)4(5)7-2/h3-4,7H,6H2,1-2H3/t3-,4?/m1/s1. The smallest absolute Gasteiger partial charge is 0.0973 e. The van der Waals surface area contributed by atoms with Gasteiger partial charge in [-0.15, -0.1) is 11.6 Å². The molecular weight excluding hydrogens is 112 g/mol. The summed E-state index contributed by atoms with van der Waals surface area (Å²) >= 11 is 5.56. The van der Waals surface area contributed by atoms with E-state index in [1.165, 1.54) is 0 Å². The molecule has 0 amide bonds. The fourth-order valence-corrected chi connectivity index (χ4v) is 0.263. The number of alkyl halides is 1. The average molecular weight is 123 g/mol. The Balaban J connectivity index is 3.14. The van der Waals surface area contributed by atoms with Crippen molar-refractivity contribution in [2.45, 2.75) is 18.5 Å². The second kappa shape index (κ2) is 3.24. The normalized spacial score (nSPS) is 18.9. The summed E-state index contributed by atoms with van der Waals surface area (Å²) in [7, 11) is 1.78. The van der Waals surface area contributed by atoms with Gasteiger partial charge in [-0.05, 0) is 14.0 Å². The number of hydrogen-bond donors (Lipinski definition) is 2. The van der Waals surface area contributed by atoms with Crippen molar-refractivity contribution >= 4 is 11.6 Å². The molecule has 44 valence electrons. The highest BCUT2D eigenvalue weighted by Gasteiger charge is 2.03. The molecule has 3 N–H and O–H groups in total. The van der Waals surface area contributed by atoms with Gasteiger partial charge in [0.05, 0.1) is 5.50 Å². The monoisotopic (exact) mass is 122 g/mol. The van der Waals surface area contributed by atoms with Crippen LogP contribution in [0.5, 0.6) is 0 Å². The van der Waals surface area contributed by atoms with Crippen LogP contribution in [0.15, 0.2) is 0 Å². The van der Waals surface area contributed by atoms with Crippen LogP contribution in [-0.2, 0) is 0 Å². The van der Waals surface area contributed by atoms with E-state index in [0.29, 0.717) is 0 Å². The lowest BCUT2D eigenvalue weighted by Crippen LogP contribution is -2.36. The third kappa shape index (κ3) is 2.85. The number of nitrogens with one attached hydrogen (secondary N) is 1. The molecule has 0 saturated carbocycles. The molecule has 0 aliphatic heterocycles. The van der Waals surface area contributed by atoms with Gasteiger partial charge in [-0.1, -0.05) is 0 Å². The lowest BCUT2D eigenvalue weighted by Gasteiger charge is -2.10. The fourth-order valence-electron chi connectivity index (χ4n) is 0.263. The summed E-state index contributed by atoms with van der Waals surface area (Å²) in [5.74, 6) is 0. The van der Waals surface area contributed by atoms with Gasteiger partial charge >= 0.3 is 0 Å². The molecule has 3 heteroatoms. The van der Waals surface area contributed by atoms with Crippen molar-refractivity contribution in [3.8, 4) is 0 Å². The van der Waals surface area contributed by atoms with Crippen LogP contribution < -0.4 is 11.1 Å². The van der Waals surface area contributed by atoms with Crippen molar-refractivity contribution in [2.24, 2.45) is 5.73 Å². The highest BCUT2D eigenvalue weighted by molar-refractivity contribution is 6.20. The van der Waals surface area contributed by atoms with E-state index in [9.17, 15) is 0 Å². The highest BCUT2D eigenvalue weighted by Crippen LogP contribution is 1.91. The largest absolute Gasteiger partial charge is 0.326 e. The molecule has 0 aliphatic carbocycles. The topological polar surface area (TPSA) is 38.0 Å². The quantitative estimate of drug-likeness (QED) is 0.403. The van der Waals surface area contributed by atoms with Gasteiger partial charge in [0.25, 0.3) is 0 Å². The van der Waals surface area contributed by atoms with Crippen LogP contribution in [0.1, 0.15) is 6.92 Å². The molecule has 2 atom stereocenters. The Bertz CT molecular complexity index is 47.0. The first-order chi connectivity index (χ1) is 3.18. The maximum Gasteiger partial charge on any atom is 0.0973 e. The van der Waals surface area contributed by atoms with Gasteiger partial charge in [-0.25, -0.2) is 0 Å². The zero-order valence-corrected chi connectivity index (χ0v) is 5.37. The van der Waals surface area contributed by atoms with Crippen molar-refractivity contribution in [1.29, 1.82) is 0 Å². The molecule has 0 saturated heterocycles. The first-order valence-corrected chi connectivity index (χ1v) is 2.69. The van der Waals surface area contributed by atoms with Gasteiger partial charge in [0.15, 0.2) is 0 Å². The van der Waals surface area contributed by atoms with Crippen molar-refractivity contribution in [3.63, 3.8) is 0 Å². The molecule has 0 aromatic carbocycles. The number of nitrogens with two attached hydrogens (primary N) is 1. The Hall–Kier alpha value is 0.210. The zero-order chi connectivity index (χ0) is 5.86. The first-order valence-electron chi connectivity index (χ1n) is 2.25. The van der Waals surface area contributed by atoms with Crippen molar-refractivity contribution < 1.29 is 0 Å². The Morgan fingerprint density at radius 1 is 1.71 bits per heavy atom. The van der Waals surface area contributed by atoms with Crippen LogP contribution in [0, 0.1) is 0 Å². The molecule has 0 aliphatic rings. The first kappa shape index (κ1) is 7.21. The van der Waals surface area contributed by atoms with Gasteiger partial charge in [0.2, 0.25) is 0 Å². The molecule has 0 radical (unpaired) electrons. The third-order valence-electron chi connectivity index (χ3n) is 0.737. The minimum atomic E-state index is -0.0972. The number of halogens is 1. The van der Waals surface area contributed by atoms with Gasteiger partial charge < -0.3 is 11.1 Å². The summed E-state index contributed by atoms with van der Waals surface area (Å²) < 4.78 is 0. The van der Waals surface area contributed by atoms with Crippen molar-refractivity contribution in [3.05, 3.63) is 0 Å². The van der Waals surface area contributed by atoms with Crippen LogP contribution in [0.25, 0.3) is 0 Å². The zero-order valence-electron chi connectivity index (χ0n) is 4.61. The predicted molar refractivity (Wildman–Crippen MR) is 32.4 cm³/mol. The summed E-state index contributed by atoms with van der Waals surface area (Å²) in [6.45, 7) is 1.86. The SMILES string of the molecule is CNC(Cl)[C@@H](C)N. The van der Waals surface area contributed by atoms with Gasteiger partial charge in [-0.3, -0.25) is 0 Å². The van der Waals surface area contributed by atoms with E-state index in [4.69, 9.17) is 17.3 Å². The maximum atomic E-state index is 5.56. The summed E-state index contributed by atoms with van der Waals surface area (Å²) in [6, 6.07) is 0.0201. The van der Waals surface area contributed by atoms with Crippen LogP contribution in [-0.4, -0.2) is 18.6 Å². The summed E-state index contributed by atoms with van der Waals surface area (Å²) in [4.78, 5) is 0. The Kier molecular flexibility index (Phi) is 3.34. The van der Waals surface area contributed by atoms with Crippen LogP contribution in [0.2, 0.25) is 0 Å². The number of rotatable bonds is 2. The van der Waals surface area contributed by atoms with E-state index < -0.39 is 0 Å². The Morgan fingerprint density at radius 3 is 2.14 bits per heavy atom. The van der Waals surface area contributed by atoms with E-state index in [1.807, 2.05) is 6.92 Å². The number of hydrogen-bond acceptors (Lipinski definition) is 2. The van der Waals surface area contributed by atoms with E-state index in [-0.39, 0.29) is 11.5 Å². The van der Waals surface area contributed by atoms with E-state index in [2.05, 4.69) is 5.32 Å². The molecule has 0 bridgehead atoms. The van der Waals surface area contributed by atoms with Crippen LogP contribution in [0.4, 0.5) is 0 Å². The minimum Gasteiger partial charge on any atom is -0.326 e. The van der Waals surface area contributed by atoms with E-state index in [1.54, 1.807) is 7.05 Å². The minimum absolute atomic E-state index is 0.0201. The molecule has 1 unspecified atom stereocenters. The van der Waals surface area contributed by atoms with Crippen molar-refractivity contribution in [1.82, 2.24) is 5.32 Å². The molecule has 0 aromatic rings. The lowest BCUT2D eigenvalue weighted by atomic mass is 10.4.